The van der Waals surface area contributed by atoms with E-state index in [1.165, 1.54) is 0 Å². The van der Waals surface area contributed by atoms with Gasteiger partial charge in [0.2, 0.25) is 0 Å². The smallest absolute Gasteiger partial charge is 0.0983 e. The maximum absolute atomic E-state index is 4.50. The lowest BCUT2D eigenvalue weighted by Crippen LogP contribution is -1.89. The second kappa shape index (κ2) is 2.98. The van der Waals surface area contributed by atoms with Crippen LogP contribution >= 0.6 is 0 Å². The zero-order valence-corrected chi connectivity index (χ0v) is 8.31. The topological polar surface area (TPSA) is 38.7 Å². The molecule has 0 spiro atoms. The van der Waals surface area contributed by atoms with E-state index in [9.17, 15) is 0 Å². The molecular formula is C12H9N3. The molecular weight excluding hydrogens is 186 g/mol. The molecule has 0 N–H and O–H groups in total. The van der Waals surface area contributed by atoms with Crippen molar-refractivity contribution in [3.05, 3.63) is 42.4 Å². The lowest BCUT2D eigenvalue weighted by atomic mass is 10.2. The normalized spacial score (nSPS) is 11.0. The Hall–Kier alpha value is -2.03. The Kier molecular flexibility index (Phi) is 1.65. The number of aromatic nitrogens is 3. The lowest BCUT2D eigenvalue weighted by molar-refractivity contribution is 1.19. The van der Waals surface area contributed by atoms with Gasteiger partial charge >= 0.3 is 0 Å². The predicted octanol–water partition coefficient (Wildman–Crippen LogP) is 2.49. The SMILES string of the molecule is Cc1cnc2ccc3ncccc3c2n1. The highest BCUT2D eigenvalue weighted by Crippen LogP contribution is 2.20. The number of rotatable bonds is 0. The number of aryl methyl sites for hydroxylation is 1. The van der Waals surface area contributed by atoms with Crippen molar-refractivity contribution in [2.24, 2.45) is 0 Å². The summed E-state index contributed by atoms with van der Waals surface area (Å²) in [7, 11) is 0. The fourth-order valence-corrected chi connectivity index (χ4v) is 1.72. The molecule has 0 aliphatic rings. The van der Waals surface area contributed by atoms with Crippen molar-refractivity contribution in [1.82, 2.24) is 15.0 Å². The minimum Gasteiger partial charge on any atom is -0.256 e. The number of hydrogen-bond donors (Lipinski definition) is 0. The largest absolute Gasteiger partial charge is 0.256 e. The first-order valence-electron chi connectivity index (χ1n) is 4.82. The average Bonchev–Trinajstić information content (AvgIpc) is 2.29. The quantitative estimate of drug-likeness (QED) is 0.517. The molecule has 0 fully saturated rings. The monoisotopic (exact) mass is 195 g/mol. The van der Waals surface area contributed by atoms with Gasteiger partial charge in [0, 0.05) is 17.8 Å². The van der Waals surface area contributed by atoms with Crippen molar-refractivity contribution >= 4 is 21.9 Å². The van der Waals surface area contributed by atoms with Gasteiger partial charge in [-0.25, -0.2) is 4.98 Å². The second-order valence-corrected chi connectivity index (χ2v) is 3.51. The van der Waals surface area contributed by atoms with Gasteiger partial charge in [-0.15, -0.1) is 0 Å². The van der Waals surface area contributed by atoms with E-state index in [0.29, 0.717) is 0 Å². The van der Waals surface area contributed by atoms with Crippen LogP contribution in [0.2, 0.25) is 0 Å². The summed E-state index contributed by atoms with van der Waals surface area (Å²) in [5, 5.41) is 1.06. The maximum Gasteiger partial charge on any atom is 0.0983 e. The Morgan fingerprint density at radius 1 is 1.00 bits per heavy atom. The van der Waals surface area contributed by atoms with Crippen LogP contribution in [-0.4, -0.2) is 15.0 Å². The van der Waals surface area contributed by atoms with E-state index in [-0.39, 0.29) is 0 Å². The van der Waals surface area contributed by atoms with Gasteiger partial charge in [-0.05, 0) is 31.2 Å². The van der Waals surface area contributed by atoms with Crippen LogP contribution < -0.4 is 0 Å². The van der Waals surface area contributed by atoms with Crippen molar-refractivity contribution in [3.8, 4) is 0 Å². The van der Waals surface area contributed by atoms with Crippen LogP contribution in [0, 0.1) is 6.92 Å². The predicted molar refractivity (Wildman–Crippen MR) is 59.6 cm³/mol. The number of nitrogens with zero attached hydrogens (tertiary/aromatic N) is 3. The van der Waals surface area contributed by atoms with Crippen LogP contribution in [-0.2, 0) is 0 Å². The van der Waals surface area contributed by atoms with Crippen LogP contribution in [0.1, 0.15) is 5.69 Å². The summed E-state index contributed by atoms with van der Waals surface area (Å²) in [6.45, 7) is 1.95. The molecule has 2 heterocycles. The summed E-state index contributed by atoms with van der Waals surface area (Å²) in [5.41, 5.74) is 3.74. The molecule has 0 atom stereocenters. The molecule has 0 bridgehead atoms. The minimum absolute atomic E-state index is 0.918. The van der Waals surface area contributed by atoms with Crippen LogP contribution in [0.25, 0.3) is 21.9 Å². The van der Waals surface area contributed by atoms with Crippen molar-refractivity contribution < 1.29 is 0 Å². The fourth-order valence-electron chi connectivity index (χ4n) is 1.72. The lowest BCUT2D eigenvalue weighted by Gasteiger charge is -2.01. The van der Waals surface area contributed by atoms with E-state index < -0.39 is 0 Å². The zero-order chi connectivity index (χ0) is 10.3. The van der Waals surface area contributed by atoms with Gasteiger partial charge in [0.15, 0.2) is 0 Å². The van der Waals surface area contributed by atoms with Gasteiger partial charge in [-0.3, -0.25) is 9.97 Å². The van der Waals surface area contributed by atoms with E-state index in [2.05, 4.69) is 15.0 Å². The first-order chi connectivity index (χ1) is 7.34. The van der Waals surface area contributed by atoms with Crippen LogP contribution in [0.3, 0.4) is 0 Å². The summed E-state index contributed by atoms with van der Waals surface area (Å²) in [4.78, 5) is 13.1. The summed E-state index contributed by atoms with van der Waals surface area (Å²) in [6.07, 6.45) is 3.57. The molecule has 0 saturated heterocycles. The van der Waals surface area contributed by atoms with Gasteiger partial charge in [0.05, 0.1) is 22.2 Å². The number of benzene rings is 1. The summed E-state index contributed by atoms with van der Waals surface area (Å²) in [5.74, 6) is 0. The molecule has 2 aromatic heterocycles. The van der Waals surface area contributed by atoms with Gasteiger partial charge in [0.25, 0.3) is 0 Å². The van der Waals surface area contributed by atoms with Gasteiger partial charge in [-0.1, -0.05) is 0 Å². The van der Waals surface area contributed by atoms with E-state index in [1.807, 2.05) is 31.2 Å². The Bertz CT molecular complexity index is 646. The Labute approximate surface area is 86.8 Å². The summed E-state index contributed by atoms with van der Waals surface area (Å²) < 4.78 is 0. The highest BCUT2D eigenvalue weighted by Gasteiger charge is 2.02. The highest BCUT2D eigenvalue weighted by molar-refractivity contribution is 6.01. The highest BCUT2D eigenvalue weighted by atomic mass is 14.8. The summed E-state index contributed by atoms with van der Waals surface area (Å²) in [6, 6.07) is 7.88. The first kappa shape index (κ1) is 8.29. The Balaban J connectivity index is 2.57. The Morgan fingerprint density at radius 3 is 2.80 bits per heavy atom. The molecule has 0 radical (unpaired) electrons. The van der Waals surface area contributed by atoms with E-state index in [1.54, 1.807) is 12.4 Å². The van der Waals surface area contributed by atoms with Crippen molar-refractivity contribution in [1.29, 1.82) is 0 Å². The standard InChI is InChI=1S/C12H9N3/c1-8-7-14-11-5-4-10-9(12(11)15-8)3-2-6-13-10/h2-7H,1H3. The number of hydrogen-bond acceptors (Lipinski definition) is 3. The van der Waals surface area contributed by atoms with Crippen molar-refractivity contribution in [2.45, 2.75) is 6.92 Å². The summed E-state index contributed by atoms with van der Waals surface area (Å²) >= 11 is 0. The molecule has 3 nitrogen and oxygen atoms in total. The average molecular weight is 195 g/mol. The molecule has 3 rings (SSSR count). The molecule has 3 heteroatoms. The maximum atomic E-state index is 4.50. The first-order valence-corrected chi connectivity index (χ1v) is 4.82. The fraction of sp³-hybridized carbons (Fsp3) is 0.0833. The minimum atomic E-state index is 0.918. The van der Waals surface area contributed by atoms with E-state index >= 15 is 0 Å². The third kappa shape index (κ3) is 1.24. The van der Waals surface area contributed by atoms with E-state index in [4.69, 9.17) is 0 Å². The molecule has 15 heavy (non-hydrogen) atoms. The number of pyridine rings is 1. The third-order valence-corrected chi connectivity index (χ3v) is 2.41. The van der Waals surface area contributed by atoms with Crippen LogP contribution in [0.15, 0.2) is 36.7 Å². The third-order valence-electron chi connectivity index (χ3n) is 2.41. The van der Waals surface area contributed by atoms with Crippen molar-refractivity contribution in [3.63, 3.8) is 0 Å². The van der Waals surface area contributed by atoms with E-state index in [0.717, 1.165) is 27.6 Å². The second-order valence-electron chi connectivity index (χ2n) is 3.51. The molecule has 0 unspecified atom stereocenters. The van der Waals surface area contributed by atoms with Crippen LogP contribution in [0.5, 0.6) is 0 Å². The Morgan fingerprint density at radius 2 is 1.87 bits per heavy atom. The molecule has 0 aliphatic heterocycles. The number of fused-ring (bicyclic) bond motifs is 3. The van der Waals surface area contributed by atoms with Gasteiger partial charge < -0.3 is 0 Å². The zero-order valence-electron chi connectivity index (χ0n) is 8.31. The van der Waals surface area contributed by atoms with Crippen LogP contribution in [0.4, 0.5) is 0 Å². The molecule has 3 aromatic rings. The molecule has 0 saturated carbocycles. The van der Waals surface area contributed by atoms with Gasteiger partial charge in [0.1, 0.15) is 0 Å². The van der Waals surface area contributed by atoms with Gasteiger partial charge in [-0.2, -0.15) is 0 Å². The van der Waals surface area contributed by atoms with Crippen molar-refractivity contribution in [2.75, 3.05) is 0 Å². The molecule has 0 amide bonds. The molecule has 1 aromatic carbocycles. The molecule has 0 aliphatic carbocycles. The molecule has 72 valence electrons.